The second-order valence-corrected chi connectivity index (χ2v) is 5.78. The molecule has 0 atom stereocenters. The van der Waals surface area contributed by atoms with Crippen LogP contribution in [0.2, 0.25) is 0 Å². The Morgan fingerprint density at radius 3 is 3.00 bits per heavy atom. The van der Waals surface area contributed by atoms with Crippen molar-refractivity contribution in [2.24, 2.45) is 5.41 Å². The molecule has 2 rings (SSSR count). The number of rotatable bonds is 7. The molecule has 0 aliphatic carbocycles. The molecule has 2 N–H and O–H groups in total. The molecule has 8 heteroatoms. The molecule has 0 aromatic carbocycles. The van der Waals surface area contributed by atoms with Crippen molar-refractivity contribution >= 4 is 5.91 Å². The van der Waals surface area contributed by atoms with E-state index in [1.807, 2.05) is 6.08 Å². The van der Waals surface area contributed by atoms with E-state index in [0.29, 0.717) is 18.1 Å². The van der Waals surface area contributed by atoms with Crippen molar-refractivity contribution < 1.29 is 9.32 Å². The van der Waals surface area contributed by atoms with Crippen molar-refractivity contribution in [3.05, 3.63) is 47.0 Å². The minimum absolute atomic E-state index is 0.0554. The molecule has 0 radical (unpaired) electrons. The Labute approximate surface area is 127 Å². The van der Waals surface area contributed by atoms with E-state index < -0.39 is 5.76 Å². The summed E-state index contributed by atoms with van der Waals surface area (Å²) in [7, 11) is 0. The number of nitrogens with zero attached hydrogens (tertiary/aromatic N) is 3. The third-order valence-electron chi connectivity index (χ3n) is 3.09. The Morgan fingerprint density at radius 1 is 1.59 bits per heavy atom. The molecular formula is C14H19N5O3. The average molecular weight is 305 g/mol. The van der Waals surface area contributed by atoms with Crippen LogP contribution in [-0.2, 0) is 6.54 Å². The average Bonchev–Trinajstić information content (AvgIpc) is 3.06. The standard InChI is InChI=1S/C14H19N5O3/c1-4-6-14(2,3)9-15-12(20)10-5-7-19(17-10)8-11-16-13(21)22-18-11/h4-5,7H,1,6,8-9H2,2-3H3,(H,15,20)(H,16,18,21). The number of H-pyrrole nitrogens is 1. The second kappa shape index (κ2) is 6.42. The number of allylic oxidation sites excluding steroid dienone is 1. The lowest BCUT2D eigenvalue weighted by atomic mass is 9.89. The molecule has 0 saturated carbocycles. The van der Waals surface area contributed by atoms with E-state index in [0.717, 1.165) is 6.42 Å². The van der Waals surface area contributed by atoms with Crippen molar-refractivity contribution in [2.45, 2.75) is 26.8 Å². The molecule has 8 nitrogen and oxygen atoms in total. The highest BCUT2D eigenvalue weighted by molar-refractivity contribution is 5.92. The van der Waals surface area contributed by atoms with Gasteiger partial charge in [0.15, 0.2) is 5.82 Å². The Balaban J connectivity index is 1.94. The summed E-state index contributed by atoms with van der Waals surface area (Å²) in [5.41, 5.74) is 0.250. The summed E-state index contributed by atoms with van der Waals surface area (Å²) in [6.45, 7) is 8.56. The van der Waals surface area contributed by atoms with E-state index in [4.69, 9.17) is 0 Å². The number of hydrogen-bond acceptors (Lipinski definition) is 5. The lowest BCUT2D eigenvalue weighted by Gasteiger charge is -2.22. The van der Waals surface area contributed by atoms with Crippen LogP contribution >= 0.6 is 0 Å². The van der Waals surface area contributed by atoms with Gasteiger partial charge >= 0.3 is 5.76 Å². The summed E-state index contributed by atoms with van der Waals surface area (Å²) in [4.78, 5) is 25.3. The number of nitrogens with one attached hydrogen (secondary N) is 2. The third kappa shape index (κ3) is 4.18. The van der Waals surface area contributed by atoms with Gasteiger partial charge in [-0.05, 0) is 17.9 Å². The van der Waals surface area contributed by atoms with Crippen LogP contribution < -0.4 is 11.1 Å². The predicted molar refractivity (Wildman–Crippen MR) is 79.4 cm³/mol. The number of aromatic amines is 1. The zero-order valence-corrected chi connectivity index (χ0v) is 12.6. The molecule has 2 aromatic heterocycles. The van der Waals surface area contributed by atoms with E-state index in [1.165, 1.54) is 4.68 Å². The Bertz CT molecular complexity index is 710. The third-order valence-corrected chi connectivity index (χ3v) is 3.09. The van der Waals surface area contributed by atoms with Crippen LogP contribution in [0.1, 0.15) is 36.6 Å². The van der Waals surface area contributed by atoms with Gasteiger partial charge in [-0.25, -0.2) is 4.79 Å². The quantitative estimate of drug-likeness (QED) is 0.740. The van der Waals surface area contributed by atoms with Crippen LogP contribution in [0.25, 0.3) is 0 Å². The SMILES string of the molecule is C=CCC(C)(C)CNC(=O)c1ccn(Cc2noc(=O)[nH]2)n1. The first kappa shape index (κ1) is 15.7. The Hall–Kier alpha value is -2.64. The molecule has 0 bridgehead atoms. The summed E-state index contributed by atoms with van der Waals surface area (Å²) >= 11 is 0. The number of aromatic nitrogens is 4. The molecule has 2 heterocycles. The van der Waals surface area contributed by atoms with Gasteiger partial charge in [0, 0.05) is 12.7 Å². The van der Waals surface area contributed by atoms with Crippen LogP contribution in [0.3, 0.4) is 0 Å². The van der Waals surface area contributed by atoms with Crippen molar-refractivity contribution in [3.63, 3.8) is 0 Å². The molecule has 0 aliphatic heterocycles. The van der Waals surface area contributed by atoms with E-state index in [-0.39, 0.29) is 17.9 Å². The first-order chi connectivity index (χ1) is 10.4. The molecule has 1 amide bonds. The summed E-state index contributed by atoms with van der Waals surface area (Å²) in [6, 6.07) is 1.61. The highest BCUT2D eigenvalue weighted by Crippen LogP contribution is 2.19. The number of amides is 1. The number of carbonyl (C=O) groups is 1. The minimum atomic E-state index is -0.621. The molecule has 0 aliphatic rings. The maximum absolute atomic E-state index is 12.1. The van der Waals surface area contributed by atoms with Crippen LogP contribution in [0.4, 0.5) is 0 Å². The predicted octanol–water partition coefficient (Wildman–Crippen LogP) is 0.940. The lowest BCUT2D eigenvalue weighted by Crippen LogP contribution is -2.34. The highest BCUT2D eigenvalue weighted by Gasteiger charge is 2.18. The Kier molecular flexibility index (Phi) is 4.59. The maximum atomic E-state index is 12.1. The number of carbonyl (C=O) groups excluding carboxylic acids is 1. The zero-order valence-electron chi connectivity index (χ0n) is 12.6. The molecule has 22 heavy (non-hydrogen) atoms. The topological polar surface area (TPSA) is 106 Å². The lowest BCUT2D eigenvalue weighted by molar-refractivity contribution is 0.0931. The van der Waals surface area contributed by atoms with E-state index in [2.05, 4.69) is 45.5 Å². The van der Waals surface area contributed by atoms with E-state index in [9.17, 15) is 9.59 Å². The van der Waals surface area contributed by atoms with Gasteiger partial charge in [0.25, 0.3) is 5.91 Å². The molecule has 0 fully saturated rings. The van der Waals surface area contributed by atoms with Crippen molar-refractivity contribution in [1.29, 1.82) is 0 Å². The Morgan fingerprint density at radius 2 is 2.36 bits per heavy atom. The van der Waals surface area contributed by atoms with Gasteiger partial charge in [0.2, 0.25) is 0 Å². The van der Waals surface area contributed by atoms with Crippen LogP contribution in [-0.4, -0.2) is 32.4 Å². The summed E-state index contributed by atoms with van der Waals surface area (Å²) in [5, 5.41) is 10.5. The normalized spacial score (nSPS) is 11.4. The fourth-order valence-electron chi connectivity index (χ4n) is 1.93. The smallest absolute Gasteiger partial charge is 0.350 e. The molecule has 2 aromatic rings. The fourth-order valence-corrected chi connectivity index (χ4v) is 1.93. The summed E-state index contributed by atoms with van der Waals surface area (Å²) < 4.78 is 5.90. The van der Waals surface area contributed by atoms with Crippen molar-refractivity contribution in [3.8, 4) is 0 Å². The van der Waals surface area contributed by atoms with Crippen molar-refractivity contribution in [1.82, 2.24) is 25.2 Å². The van der Waals surface area contributed by atoms with Crippen LogP contribution in [0, 0.1) is 5.41 Å². The first-order valence-corrected chi connectivity index (χ1v) is 6.87. The van der Waals surface area contributed by atoms with E-state index in [1.54, 1.807) is 12.3 Å². The van der Waals surface area contributed by atoms with Crippen LogP contribution in [0.5, 0.6) is 0 Å². The second-order valence-electron chi connectivity index (χ2n) is 5.78. The van der Waals surface area contributed by atoms with Gasteiger partial charge in [0.1, 0.15) is 12.2 Å². The van der Waals surface area contributed by atoms with Gasteiger partial charge in [0.05, 0.1) is 0 Å². The minimum Gasteiger partial charge on any atom is -0.350 e. The molecular weight excluding hydrogens is 286 g/mol. The summed E-state index contributed by atoms with van der Waals surface area (Å²) in [6.07, 6.45) is 4.28. The molecule has 118 valence electrons. The first-order valence-electron chi connectivity index (χ1n) is 6.87. The fraction of sp³-hybridized carbons (Fsp3) is 0.429. The van der Waals surface area contributed by atoms with Gasteiger partial charge in [-0.2, -0.15) is 5.10 Å². The highest BCUT2D eigenvalue weighted by atomic mass is 16.5. The van der Waals surface area contributed by atoms with Gasteiger partial charge in [-0.1, -0.05) is 25.1 Å². The number of hydrogen-bond donors (Lipinski definition) is 2. The molecule has 0 unspecified atom stereocenters. The summed E-state index contributed by atoms with van der Waals surface area (Å²) in [5.74, 6) is -0.527. The largest absolute Gasteiger partial charge is 0.438 e. The molecule has 0 saturated heterocycles. The molecule has 0 spiro atoms. The van der Waals surface area contributed by atoms with Gasteiger partial charge in [-0.15, -0.1) is 6.58 Å². The van der Waals surface area contributed by atoms with Gasteiger partial charge < -0.3 is 5.32 Å². The maximum Gasteiger partial charge on any atom is 0.438 e. The van der Waals surface area contributed by atoms with Gasteiger partial charge in [-0.3, -0.25) is 19.0 Å². The van der Waals surface area contributed by atoms with Crippen LogP contribution in [0.15, 0.2) is 34.2 Å². The zero-order chi connectivity index (χ0) is 16.2. The monoisotopic (exact) mass is 305 g/mol. The van der Waals surface area contributed by atoms with E-state index >= 15 is 0 Å². The van der Waals surface area contributed by atoms with Crippen molar-refractivity contribution in [2.75, 3.05) is 6.54 Å².